The van der Waals surface area contributed by atoms with Gasteiger partial charge in [-0.15, -0.1) is 0 Å². The van der Waals surface area contributed by atoms with Crippen LogP contribution in [0.4, 0.5) is 0 Å². The van der Waals surface area contributed by atoms with Gasteiger partial charge >= 0.3 is 0 Å². The first kappa shape index (κ1) is 48.4. The number of nitrogens with zero attached hydrogens (tertiary/aromatic N) is 1. The molecule has 0 radical (unpaired) electrons. The molecule has 1 aliphatic heterocycles. The number of aliphatic hydroxyl groups excluding tert-OH is 1. The van der Waals surface area contributed by atoms with Gasteiger partial charge in [-0.3, -0.25) is 9.36 Å². The quantitative estimate of drug-likeness (QED) is 0.0218. The molecule has 1 aliphatic rings. The average molecular weight is 753 g/mol. The van der Waals surface area contributed by atoms with Crippen molar-refractivity contribution in [3.63, 3.8) is 0 Å². The zero-order chi connectivity index (χ0) is 38.3. The molecule has 0 saturated carbocycles. The monoisotopic (exact) mass is 753 g/mol. The van der Waals surface area contributed by atoms with Crippen LogP contribution in [0.2, 0.25) is 0 Å². The van der Waals surface area contributed by atoms with Crippen LogP contribution in [-0.4, -0.2) is 80.8 Å². The van der Waals surface area contributed by atoms with Gasteiger partial charge < -0.3 is 33.6 Å². The molecule has 0 spiro atoms. The fraction of sp³-hybridized carbons (Fsp3) is 0.786. The topological polar surface area (TPSA) is 120 Å². The van der Waals surface area contributed by atoms with E-state index in [0.29, 0.717) is 17.4 Å². The molecule has 2 N–H and O–H groups in total. The molecule has 52 heavy (non-hydrogen) atoms. The van der Waals surface area contributed by atoms with Crippen molar-refractivity contribution in [3.05, 3.63) is 48.6 Å². The highest BCUT2D eigenvalue weighted by molar-refractivity contribution is 7.45. The second-order valence-corrected chi connectivity index (χ2v) is 16.8. The third-order valence-electron chi connectivity index (χ3n) is 9.21. The molecule has 1 heterocycles. The lowest BCUT2D eigenvalue weighted by atomic mass is 10.1. The number of aliphatic hydroxyl groups is 1. The maximum absolute atomic E-state index is 12.9. The van der Waals surface area contributed by atoms with E-state index in [9.17, 15) is 19.4 Å². The van der Waals surface area contributed by atoms with Crippen LogP contribution in [0.5, 0.6) is 0 Å². The van der Waals surface area contributed by atoms with E-state index in [1.165, 1.54) is 77.0 Å². The van der Waals surface area contributed by atoms with Crippen LogP contribution in [0, 0.1) is 0 Å². The van der Waals surface area contributed by atoms with E-state index >= 15 is 0 Å². The van der Waals surface area contributed by atoms with Crippen LogP contribution in [-0.2, 0) is 23.1 Å². The molecule has 1 fully saturated rings. The van der Waals surface area contributed by atoms with Gasteiger partial charge in [0.2, 0.25) is 5.91 Å². The van der Waals surface area contributed by atoms with Gasteiger partial charge in [0, 0.05) is 6.42 Å². The van der Waals surface area contributed by atoms with Crippen LogP contribution in [0.3, 0.4) is 0 Å². The van der Waals surface area contributed by atoms with E-state index in [0.717, 1.165) is 44.9 Å². The molecule has 10 heteroatoms. The highest BCUT2D eigenvalue weighted by atomic mass is 31.2. The first-order valence-corrected chi connectivity index (χ1v) is 22.1. The number of hydrogen-bond acceptors (Lipinski definition) is 7. The summed E-state index contributed by atoms with van der Waals surface area (Å²) in [6, 6.07) is -0.924. The number of likely N-dealkylation sites (N-methyl/N-ethyl adjacent to an activating group) is 1. The maximum Gasteiger partial charge on any atom is 0.268 e. The Morgan fingerprint density at radius 3 is 2.00 bits per heavy atom. The lowest BCUT2D eigenvalue weighted by Crippen LogP contribution is -2.45. The molecule has 0 aliphatic carbocycles. The molecule has 1 amide bonds. The molecular weight excluding hydrogens is 675 g/mol. The molecule has 0 bridgehead atoms. The van der Waals surface area contributed by atoms with E-state index in [4.69, 9.17) is 13.8 Å². The van der Waals surface area contributed by atoms with Crippen LogP contribution in [0.25, 0.3) is 0 Å². The fourth-order valence-corrected chi connectivity index (χ4v) is 6.49. The number of phosphoric ester groups is 1. The number of phosphoric acid groups is 1. The molecular formula is C42H77N2O7P. The molecule has 302 valence electrons. The molecule has 5 atom stereocenters. The number of carbonyl (C=O) groups is 1. The minimum Gasteiger partial charge on any atom is -0.756 e. The van der Waals surface area contributed by atoms with Gasteiger partial charge in [0.15, 0.2) is 0 Å². The molecule has 0 aromatic carbocycles. The van der Waals surface area contributed by atoms with Crippen molar-refractivity contribution >= 4 is 13.7 Å². The molecule has 9 nitrogen and oxygen atoms in total. The van der Waals surface area contributed by atoms with Gasteiger partial charge in [-0.1, -0.05) is 133 Å². The average Bonchev–Trinajstić information content (AvgIpc) is 3.84. The number of ether oxygens (including phenoxy) is 1. The number of rotatable bonds is 35. The van der Waals surface area contributed by atoms with Crippen LogP contribution < -0.4 is 10.2 Å². The van der Waals surface area contributed by atoms with E-state index in [-0.39, 0.29) is 31.1 Å². The smallest absolute Gasteiger partial charge is 0.268 e. The lowest BCUT2D eigenvalue weighted by Gasteiger charge is -2.29. The Morgan fingerprint density at radius 2 is 1.35 bits per heavy atom. The van der Waals surface area contributed by atoms with Crippen LogP contribution in [0.15, 0.2) is 48.6 Å². The normalized spacial score (nSPS) is 18.9. The van der Waals surface area contributed by atoms with Gasteiger partial charge in [-0.05, 0) is 57.8 Å². The fourth-order valence-electron chi connectivity index (χ4n) is 5.77. The summed E-state index contributed by atoms with van der Waals surface area (Å²) in [6.45, 7) is 4.52. The Labute approximate surface area is 318 Å². The Bertz CT molecular complexity index is 1060. The molecule has 1 rings (SSSR count). The minimum absolute atomic E-state index is 0.0171. The zero-order valence-electron chi connectivity index (χ0n) is 33.7. The maximum atomic E-state index is 12.9. The van der Waals surface area contributed by atoms with Gasteiger partial charge in [-0.25, -0.2) is 0 Å². The van der Waals surface area contributed by atoms with Crippen molar-refractivity contribution < 1.29 is 37.6 Å². The molecule has 1 saturated heterocycles. The summed E-state index contributed by atoms with van der Waals surface area (Å²) in [7, 11) is 1.20. The summed E-state index contributed by atoms with van der Waals surface area (Å²) in [5.41, 5.74) is 0. The van der Waals surface area contributed by atoms with Crippen molar-refractivity contribution in [3.8, 4) is 0 Å². The third-order valence-corrected chi connectivity index (χ3v) is 10.2. The van der Waals surface area contributed by atoms with Crippen molar-refractivity contribution in [2.75, 3.05) is 40.9 Å². The number of quaternary nitrogens is 1. The first-order chi connectivity index (χ1) is 25.0. The number of carbonyl (C=O) groups excluding carboxylic acids is 1. The number of allylic oxidation sites excluding steroid dienone is 6. The Morgan fingerprint density at radius 1 is 0.788 bits per heavy atom. The Hall–Kier alpha value is -1.58. The number of unbranched alkanes of at least 4 members (excludes halogenated alkanes) is 13. The summed E-state index contributed by atoms with van der Waals surface area (Å²) in [5, 5.41) is 13.7. The highest BCUT2D eigenvalue weighted by Gasteiger charge is 2.36. The largest absolute Gasteiger partial charge is 0.756 e. The molecule has 0 aromatic heterocycles. The number of nitrogens with one attached hydrogen (secondary N) is 1. The lowest BCUT2D eigenvalue weighted by molar-refractivity contribution is -0.870. The van der Waals surface area contributed by atoms with Gasteiger partial charge in [0.25, 0.3) is 7.82 Å². The van der Waals surface area contributed by atoms with E-state index in [1.54, 1.807) is 6.08 Å². The number of hydrogen-bond donors (Lipinski definition) is 2. The predicted octanol–water partition coefficient (Wildman–Crippen LogP) is 9.26. The van der Waals surface area contributed by atoms with Gasteiger partial charge in [0.05, 0.1) is 52.1 Å². The summed E-state index contributed by atoms with van der Waals surface area (Å²) in [4.78, 5) is 25.3. The first-order valence-electron chi connectivity index (χ1n) is 20.6. The summed E-state index contributed by atoms with van der Waals surface area (Å²) >= 11 is 0. The molecule has 3 unspecified atom stereocenters. The van der Waals surface area contributed by atoms with Crippen molar-refractivity contribution in [1.82, 2.24) is 5.32 Å². The second-order valence-electron chi connectivity index (χ2n) is 15.4. The SMILES string of the molecule is CCCCC/C=C\C/C=C\C/C=C\CC1OC1CCCC(=O)N[C@@H](COP(=O)([O-])OCC[N+](C)(C)C)[C@H](O)/C=C/CCCCCCCCCCCC. The summed E-state index contributed by atoms with van der Waals surface area (Å²) < 4.78 is 28.9. The van der Waals surface area contributed by atoms with E-state index in [1.807, 2.05) is 27.2 Å². The summed E-state index contributed by atoms with van der Waals surface area (Å²) in [5.74, 6) is -0.262. The second kappa shape index (κ2) is 30.7. The Kier molecular flexibility index (Phi) is 28.6. The van der Waals surface area contributed by atoms with E-state index < -0.39 is 26.6 Å². The predicted molar refractivity (Wildman–Crippen MR) is 214 cm³/mol. The minimum atomic E-state index is -4.61. The van der Waals surface area contributed by atoms with Gasteiger partial charge in [-0.2, -0.15) is 0 Å². The number of epoxide rings is 1. The Balaban J connectivity index is 2.42. The van der Waals surface area contributed by atoms with Crippen LogP contribution >= 0.6 is 7.82 Å². The number of amides is 1. The highest BCUT2D eigenvalue weighted by Crippen LogP contribution is 2.38. The standard InChI is InChI=1S/C42H77N2O7P/c1-6-8-10-12-14-16-18-20-22-24-26-28-31-39(45)38(37-50-52(47,48)49-36-35-44(3,4)5)43-42(46)34-30-33-41-40(51-41)32-29-27-25-23-21-19-17-15-13-11-9-7-2/h15,17,21,23,27-29,31,38-41,45H,6-14,16,18-20,22,24-26,30,32-37H2,1-5H3,(H-,43,46,47,48)/b17-15-,23-21-,29-27-,31-28+/t38-,39+,40?,41?/m0/s1. The van der Waals surface area contributed by atoms with Crippen LogP contribution in [0.1, 0.15) is 149 Å². The van der Waals surface area contributed by atoms with Crippen molar-refractivity contribution in [1.29, 1.82) is 0 Å². The van der Waals surface area contributed by atoms with Crippen molar-refractivity contribution in [2.24, 2.45) is 0 Å². The zero-order valence-corrected chi connectivity index (χ0v) is 34.6. The molecule has 0 aromatic rings. The van der Waals surface area contributed by atoms with E-state index in [2.05, 4.69) is 55.6 Å². The third kappa shape index (κ3) is 29.8. The summed E-state index contributed by atoms with van der Waals surface area (Å²) in [6.07, 6.45) is 38.8. The van der Waals surface area contributed by atoms with Crippen molar-refractivity contribution in [2.45, 2.75) is 173 Å². The van der Waals surface area contributed by atoms with Gasteiger partial charge in [0.1, 0.15) is 13.2 Å².